The van der Waals surface area contributed by atoms with E-state index in [0.717, 1.165) is 41.9 Å². The molecule has 164 valence electrons. The van der Waals surface area contributed by atoms with Crippen LogP contribution in [0, 0.1) is 0 Å². The minimum Gasteiger partial charge on any atom is -0.497 e. The highest BCUT2D eigenvalue weighted by atomic mass is 35.5. The van der Waals surface area contributed by atoms with E-state index in [-0.39, 0.29) is 0 Å². The summed E-state index contributed by atoms with van der Waals surface area (Å²) < 4.78 is 11.1. The molecule has 0 amide bonds. The van der Waals surface area contributed by atoms with Crippen molar-refractivity contribution in [3.63, 3.8) is 0 Å². The number of fused-ring (bicyclic) bond motifs is 1. The molecule has 2 N–H and O–H groups in total. The van der Waals surface area contributed by atoms with E-state index in [4.69, 9.17) is 21.1 Å². The summed E-state index contributed by atoms with van der Waals surface area (Å²) in [6, 6.07) is 12.3. The van der Waals surface area contributed by atoms with Gasteiger partial charge in [0.05, 0.1) is 7.11 Å². The maximum atomic E-state index is 12.2. The summed E-state index contributed by atoms with van der Waals surface area (Å²) in [6.45, 7) is 4.30. The molecule has 1 aromatic heterocycles. The number of carboxylic acid groups (broad SMARTS) is 1. The number of carboxylic acids is 1. The lowest BCUT2D eigenvalue weighted by molar-refractivity contribution is -0.144. The standard InChI is InChI=1S/C23H26ClN3O4/c1-30-18-6-7-21-19(14-18)20(15-25-21)22(23(28)29)27-10-8-26(9-11-27)12-13-31-17-4-2-16(24)3-5-17/h2-7,14-15,22,25H,8-13H2,1H3,(H,28,29). The van der Waals surface area contributed by atoms with Crippen LogP contribution >= 0.6 is 11.6 Å². The number of aliphatic carboxylic acids is 1. The summed E-state index contributed by atoms with van der Waals surface area (Å²) in [6.07, 6.45) is 1.80. The number of aromatic amines is 1. The highest BCUT2D eigenvalue weighted by Gasteiger charge is 2.32. The molecule has 1 saturated heterocycles. The number of hydrogen-bond donors (Lipinski definition) is 2. The first-order valence-corrected chi connectivity index (χ1v) is 10.7. The van der Waals surface area contributed by atoms with Crippen molar-refractivity contribution in [1.82, 2.24) is 14.8 Å². The molecular weight excluding hydrogens is 418 g/mol. The lowest BCUT2D eigenvalue weighted by Gasteiger charge is -2.37. The fourth-order valence-electron chi connectivity index (χ4n) is 4.03. The van der Waals surface area contributed by atoms with Gasteiger partial charge in [0.15, 0.2) is 0 Å². The van der Waals surface area contributed by atoms with Gasteiger partial charge in [-0.1, -0.05) is 11.6 Å². The van der Waals surface area contributed by atoms with Gasteiger partial charge >= 0.3 is 5.97 Å². The van der Waals surface area contributed by atoms with Crippen LogP contribution in [0.2, 0.25) is 5.02 Å². The van der Waals surface area contributed by atoms with Gasteiger partial charge in [0.2, 0.25) is 0 Å². The molecule has 7 nitrogen and oxygen atoms in total. The Kier molecular flexibility index (Phi) is 6.65. The molecule has 2 aromatic carbocycles. The fourth-order valence-corrected chi connectivity index (χ4v) is 4.15. The maximum absolute atomic E-state index is 12.2. The number of carbonyl (C=O) groups is 1. The number of aromatic nitrogens is 1. The molecule has 0 radical (unpaired) electrons. The van der Waals surface area contributed by atoms with Crippen LogP contribution in [0.4, 0.5) is 0 Å². The highest BCUT2D eigenvalue weighted by Crippen LogP contribution is 2.31. The number of rotatable bonds is 8. The number of piperazine rings is 1. The summed E-state index contributed by atoms with van der Waals surface area (Å²) in [4.78, 5) is 19.7. The van der Waals surface area contributed by atoms with Crippen molar-refractivity contribution in [2.45, 2.75) is 6.04 Å². The average Bonchev–Trinajstić information content (AvgIpc) is 3.19. The molecule has 4 rings (SSSR count). The van der Waals surface area contributed by atoms with E-state index in [1.54, 1.807) is 13.3 Å². The number of nitrogens with one attached hydrogen (secondary N) is 1. The Balaban J connectivity index is 1.37. The Hall–Kier alpha value is -2.74. The number of benzene rings is 2. The molecule has 0 bridgehead atoms. The topological polar surface area (TPSA) is 78.0 Å². The third-order valence-corrected chi connectivity index (χ3v) is 5.96. The molecule has 1 fully saturated rings. The van der Waals surface area contributed by atoms with Crippen molar-refractivity contribution >= 4 is 28.5 Å². The second-order valence-corrected chi connectivity index (χ2v) is 8.01. The summed E-state index contributed by atoms with van der Waals surface area (Å²) in [7, 11) is 1.61. The van der Waals surface area contributed by atoms with Crippen molar-refractivity contribution in [3.8, 4) is 11.5 Å². The highest BCUT2D eigenvalue weighted by molar-refractivity contribution is 6.30. The normalized spacial score (nSPS) is 16.3. The van der Waals surface area contributed by atoms with E-state index in [2.05, 4.69) is 9.88 Å². The molecule has 2 heterocycles. The minimum atomic E-state index is -0.844. The van der Waals surface area contributed by atoms with Gasteiger partial charge in [-0.2, -0.15) is 0 Å². The van der Waals surface area contributed by atoms with Crippen LogP contribution in [-0.2, 0) is 4.79 Å². The van der Waals surface area contributed by atoms with Crippen molar-refractivity contribution in [3.05, 3.63) is 59.2 Å². The number of H-pyrrole nitrogens is 1. The van der Waals surface area contributed by atoms with Gasteiger partial charge in [-0.05, 0) is 42.5 Å². The molecule has 0 spiro atoms. The van der Waals surface area contributed by atoms with Crippen molar-refractivity contribution in [2.24, 2.45) is 0 Å². The van der Waals surface area contributed by atoms with E-state index in [1.807, 2.05) is 47.4 Å². The summed E-state index contributed by atoms with van der Waals surface area (Å²) in [5.74, 6) is 0.662. The zero-order chi connectivity index (χ0) is 21.8. The average molecular weight is 444 g/mol. The maximum Gasteiger partial charge on any atom is 0.325 e. The Morgan fingerprint density at radius 2 is 1.84 bits per heavy atom. The van der Waals surface area contributed by atoms with Gasteiger partial charge < -0.3 is 19.6 Å². The molecule has 8 heteroatoms. The first-order chi connectivity index (χ1) is 15.0. The third-order valence-electron chi connectivity index (χ3n) is 5.71. The van der Waals surface area contributed by atoms with Crippen LogP contribution in [0.1, 0.15) is 11.6 Å². The molecule has 1 atom stereocenters. The number of methoxy groups -OCH3 is 1. The van der Waals surface area contributed by atoms with Gasteiger partial charge in [-0.3, -0.25) is 14.6 Å². The van der Waals surface area contributed by atoms with Crippen molar-refractivity contribution < 1.29 is 19.4 Å². The first kappa shape index (κ1) is 21.5. The van der Waals surface area contributed by atoms with Crippen LogP contribution in [0.25, 0.3) is 10.9 Å². The number of hydrogen-bond acceptors (Lipinski definition) is 5. The summed E-state index contributed by atoms with van der Waals surface area (Å²) in [5.41, 5.74) is 1.67. The van der Waals surface area contributed by atoms with E-state index < -0.39 is 12.0 Å². The number of ether oxygens (including phenoxy) is 2. The van der Waals surface area contributed by atoms with Crippen LogP contribution in [0.15, 0.2) is 48.7 Å². The molecule has 0 aliphatic carbocycles. The Morgan fingerprint density at radius 1 is 1.13 bits per heavy atom. The monoisotopic (exact) mass is 443 g/mol. The lowest BCUT2D eigenvalue weighted by Crippen LogP contribution is -2.50. The van der Waals surface area contributed by atoms with E-state index in [9.17, 15) is 9.90 Å². The summed E-state index contributed by atoms with van der Waals surface area (Å²) in [5, 5.41) is 11.6. The molecule has 0 saturated carbocycles. The lowest BCUT2D eigenvalue weighted by atomic mass is 10.0. The second-order valence-electron chi connectivity index (χ2n) is 7.58. The van der Waals surface area contributed by atoms with E-state index in [0.29, 0.717) is 30.5 Å². The molecule has 31 heavy (non-hydrogen) atoms. The summed E-state index contributed by atoms with van der Waals surface area (Å²) >= 11 is 5.89. The van der Waals surface area contributed by atoms with Crippen molar-refractivity contribution in [2.75, 3.05) is 46.4 Å². The zero-order valence-corrected chi connectivity index (χ0v) is 18.1. The molecule has 3 aromatic rings. The second kappa shape index (κ2) is 9.60. The Morgan fingerprint density at radius 3 is 2.52 bits per heavy atom. The SMILES string of the molecule is COc1ccc2[nH]cc(C(C(=O)O)N3CCN(CCOc4ccc(Cl)cc4)CC3)c2c1. The van der Waals surface area contributed by atoms with Crippen LogP contribution in [-0.4, -0.2) is 72.3 Å². The zero-order valence-electron chi connectivity index (χ0n) is 17.4. The van der Waals surface area contributed by atoms with E-state index in [1.165, 1.54) is 0 Å². The third kappa shape index (κ3) is 4.95. The molecule has 1 unspecified atom stereocenters. The quantitative estimate of drug-likeness (QED) is 0.553. The molecule has 1 aliphatic heterocycles. The smallest absolute Gasteiger partial charge is 0.325 e. The largest absolute Gasteiger partial charge is 0.497 e. The Labute approximate surface area is 186 Å². The van der Waals surface area contributed by atoms with Gasteiger partial charge in [0.1, 0.15) is 24.1 Å². The van der Waals surface area contributed by atoms with Crippen LogP contribution < -0.4 is 9.47 Å². The van der Waals surface area contributed by atoms with Gasteiger partial charge in [-0.25, -0.2) is 0 Å². The minimum absolute atomic E-state index is 0.576. The van der Waals surface area contributed by atoms with Gasteiger partial charge in [-0.15, -0.1) is 0 Å². The predicted molar refractivity (Wildman–Crippen MR) is 120 cm³/mol. The molecule has 1 aliphatic rings. The predicted octanol–water partition coefficient (Wildman–Crippen LogP) is 3.65. The van der Waals surface area contributed by atoms with Crippen LogP contribution in [0.5, 0.6) is 11.5 Å². The first-order valence-electron chi connectivity index (χ1n) is 10.3. The van der Waals surface area contributed by atoms with Gasteiger partial charge in [0.25, 0.3) is 0 Å². The van der Waals surface area contributed by atoms with Crippen LogP contribution in [0.3, 0.4) is 0 Å². The number of halogens is 1. The Bertz CT molecular complexity index is 1030. The van der Waals surface area contributed by atoms with Crippen molar-refractivity contribution in [1.29, 1.82) is 0 Å². The fraction of sp³-hybridized carbons (Fsp3) is 0.348. The van der Waals surface area contributed by atoms with Gasteiger partial charge in [0, 0.05) is 60.4 Å². The molecular formula is C23H26ClN3O4. The number of nitrogens with zero attached hydrogens (tertiary/aromatic N) is 2. The van der Waals surface area contributed by atoms with E-state index >= 15 is 0 Å².